The van der Waals surface area contributed by atoms with Crippen LogP contribution in [0.2, 0.25) is 0 Å². The molecular weight excluding hydrogens is 232 g/mol. The van der Waals surface area contributed by atoms with Gasteiger partial charge in [-0.15, -0.1) is 11.3 Å². The van der Waals surface area contributed by atoms with E-state index < -0.39 is 0 Å². The summed E-state index contributed by atoms with van der Waals surface area (Å²) in [5.74, 6) is 0.530. The Morgan fingerprint density at radius 2 is 2.18 bits per heavy atom. The van der Waals surface area contributed by atoms with Gasteiger partial charge in [0.2, 0.25) is 0 Å². The molecule has 0 saturated heterocycles. The second kappa shape index (κ2) is 3.82. The van der Waals surface area contributed by atoms with Crippen LogP contribution in [0.3, 0.4) is 0 Å². The molecule has 0 spiro atoms. The van der Waals surface area contributed by atoms with Gasteiger partial charge in [0.1, 0.15) is 11.5 Å². The normalized spacial score (nSPS) is 17.6. The van der Waals surface area contributed by atoms with E-state index in [1.165, 1.54) is 10.1 Å². The molecule has 0 fully saturated rings. The highest BCUT2D eigenvalue weighted by Crippen LogP contribution is 2.27. The number of benzene rings is 1. The Bertz CT molecular complexity index is 634. The molecule has 0 aliphatic carbocycles. The minimum absolute atomic E-state index is 0.125. The summed E-state index contributed by atoms with van der Waals surface area (Å²) in [5.41, 5.74) is 0.481. The third kappa shape index (κ3) is 1.87. The van der Waals surface area contributed by atoms with Gasteiger partial charge in [-0.2, -0.15) is 0 Å². The molecule has 4 heteroatoms. The Hall–Kier alpha value is -1.94. The zero-order valence-electron chi connectivity index (χ0n) is 9.23. The molecule has 0 unspecified atom stereocenters. The van der Waals surface area contributed by atoms with Gasteiger partial charge in [-0.05, 0) is 30.5 Å². The number of amides is 1. The lowest BCUT2D eigenvalue weighted by molar-refractivity contribution is -0.115. The van der Waals surface area contributed by atoms with Crippen LogP contribution in [0.1, 0.15) is 11.8 Å². The number of rotatable bonds is 1. The van der Waals surface area contributed by atoms with Gasteiger partial charge in [0, 0.05) is 9.58 Å². The van der Waals surface area contributed by atoms with Gasteiger partial charge in [0.15, 0.2) is 0 Å². The van der Waals surface area contributed by atoms with Crippen molar-refractivity contribution in [3.63, 3.8) is 0 Å². The van der Waals surface area contributed by atoms with Gasteiger partial charge < -0.3 is 5.32 Å². The van der Waals surface area contributed by atoms with Crippen LogP contribution in [0.5, 0.6) is 0 Å². The fourth-order valence-electron chi connectivity index (χ4n) is 1.79. The SMILES string of the molecule is CC1=NC(=Cc2cc3ccccc3s2)C(=O)N1. The van der Waals surface area contributed by atoms with E-state index in [0.29, 0.717) is 11.5 Å². The first-order chi connectivity index (χ1) is 8.22. The van der Waals surface area contributed by atoms with Crippen molar-refractivity contribution in [2.45, 2.75) is 6.92 Å². The van der Waals surface area contributed by atoms with Crippen molar-refractivity contribution in [1.82, 2.24) is 5.32 Å². The van der Waals surface area contributed by atoms with E-state index >= 15 is 0 Å². The van der Waals surface area contributed by atoms with Gasteiger partial charge in [-0.1, -0.05) is 18.2 Å². The Balaban J connectivity index is 2.05. The predicted molar refractivity (Wildman–Crippen MR) is 71.1 cm³/mol. The number of carbonyl (C=O) groups is 1. The van der Waals surface area contributed by atoms with E-state index in [-0.39, 0.29) is 5.91 Å². The largest absolute Gasteiger partial charge is 0.309 e. The van der Waals surface area contributed by atoms with Crippen molar-refractivity contribution in [1.29, 1.82) is 0 Å². The van der Waals surface area contributed by atoms with Crippen LogP contribution in [0.15, 0.2) is 41.0 Å². The van der Waals surface area contributed by atoms with Crippen molar-refractivity contribution in [2.75, 3.05) is 0 Å². The number of hydrogen-bond acceptors (Lipinski definition) is 3. The quantitative estimate of drug-likeness (QED) is 0.768. The van der Waals surface area contributed by atoms with Gasteiger partial charge in [0.25, 0.3) is 5.91 Å². The van der Waals surface area contributed by atoms with Crippen LogP contribution in [-0.4, -0.2) is 11.7 Å². The number of thiophene rings is 1. The highest BCUT2D eigenvalue weighted by atomic mass is 32.1. The van der Waals surface area contributed by atoms with Crippen LogP contribution in [0, 0.1) is 0 Å². The highest BCUT2D eigenvalue weighted by Gasteiger charge is 2.16. The summed E-state index contributed by atoms with van der Waals surface area (Å²) in [7, 11) is 0. The summed E-state index contributed by atoms with van der Waals surface area (Å²) in [5, 5.41) is 3.87. The maximum Gasteiger partial charge on any atom is 0.275 e. The molecule has 0 bridgehead atoms. The first-order valence-electron chi connectivity index (χ1n) is 5.29. The number of amidine groups is 1. The monoisotopic (exact) mass is 242 g/mol. The van der Waals surface area contributed by atoms with Crippen LogP contribution in [0.25, 0.3) is 16.2 Å². The molecule has 0 saturated carbocycles. The molecule has 2 aromatic rings. The predicted octanol–water partition coefficient (Wildman–Crippen LogP) is 2.79. The Morgan fingerprint density at radius 3 is 2.88 bits per heavy atom. The molecule has 17 heavy (non-hydrogen) atoms. The summed E-state index contributed by atoms with van der Waals surface area (Å²) < 4.78 is 1.22. The lowest BCUT2D eigenvalue weighted by Gasteiger charge is -1.89. The standard InChI is InChI=1S/C13H10N2OS/c1-8-14-11(13(16)15-8)7-10-6-9-4-2-3-5-12(9)17-10/h2-7H,1H3,(H,14,15,16). The first-order valence-corrected chi connectivity index (χ1v) is 6.11. The average molecular weight is 242 g/mol. The molecule has 0 atom stereocenters. The fraction of sp³-hybridized carbons (Fsp3) is 0.0769. The summed E-state index contributed by atoms with van der Waals surface area (Å²) in [6, 6.07) is 10.2. The van der Waals surface area contributed by atoms with Gasteiger partial charge in [-0.3, -0.25) is 4.79 Å². The van der Waals surface area contributed by atoms with E-state index in [9.17, 15) is 4.79 Å². The molecule has 1 aliphatic rings. The number of nitrogens with zero attached hydrogens (tertiary/aromatic N) is 1. The third-order valence-corrected chi connectivity index (χ3v) is 3.60. The Labute approximate surface area is 102 Å². The Kier molecular flexibility index (Phi) is 2.30. The van der Waals surface area contributed by atoms with Crippen LogP contribution in [-0.2, 0) is 4.79 Å². The molecule has 1 N–H and O–H groups in total. The number of hydrogen-bond donors (Lipinski definition) is 1. The van der Waals surface area contributed by atoms with Gasteiger partial charge in [0.05, 0.1) is 0 Å². The molecule has 2 heterocycles. The van der Waals surface area contributed by atoms with Crippen LogP contribution >= 0.6 is 11.3 Å². The van der Waals surface area contributed by atoms with Gasteiger partial charge >= 0.3 is 0 Å². The zero-order chi connectivity index (χ0) is 11.8. The van der Waals surface area contributed by atoms with Crippen LogP contribution in [0.4, 0.5) is 0 Å². The number of aliphatic imine (C=N–C) groups is 1. The smallest absolute Gasteiger partial charge is 0.275 e. The van der Waals surface area contributed by atoms with Crippen molar-refractivity contribution >= 4 is 39.2 Å². The molecule has 1 aliphatic heterocycles. The van der Waals surface area contributed by atoms with Crippen molar-refractivity contribution < 1.29 is 4.79 Å². The molecule has 1 amide bonds. The van der Waals surface area contributed by atoms with E-state index in [0.717, 1.165) is 4.88 Å². The minimum atomic E-state index is -0.125. The summed E-state index contributed by atoms with van der Waals surface area (Å²) in [6.07, 6.45) is 1.83. The van der Waals surface area contributed by atoms with Gasteiger partial charge in [-0.25, -0.2) is 4.99 Å². The Morgan fingerprint density at radius 1 is 1.35 bits per heavy atom. The number of fused-ring (bicyclic) bond motifs is 1. The van der Waals surface area contributed by atoms with E-state index in [4.69, 9.17) is 0 Å². The van der Waals surface area contributed by atoms with Crippen molar-refractivity contribution in [3.8, 4) is 0 Å². The molecule has 1 aromatic carbocycles. The zero-order valence-corrected chi connectivity index (χ0v) is 10.0. The molecule has 3 rings (SSSR count). The summed E-state index contributed by atoms with van der Waals surface area (Å²) in [4.78, 5) is 16.7. The maximum absolute atomic E-state index is 11.5. The first kappa shape index (κ1) is 10.2. The number of nitrogens with one attached hydrogen (secondary N) is 1. The molecule has 1 aromatic heterocycles. The second-order valence-corrected chi connectivity index (χ2v) is 4.98. The van der Waals surface area contributed by atoms with Crippen molar-refractivity contribution in [2.24, 2.45) is 4.99 Å². The topological polar surface area (TPSA) is 41.5 Å². The molecule has 0 radical (unpaired) electrons. The second-order valence-electron chi connectivity index (χ2n) is 3.87. The lowest BCUT2D eigenvalue weighted by atomic mass is 10.2. The maximum atomic E-state index is 11.5. The van der Waals surface area contributed by atoms with E-state index in [1.54, 1.807) is 18.3 Å². The molecule has 84 valence electrons. The highest BCUT2D eigenvalue weighted by molar-refractivity contribution is 7.19. The van der Waals surface area contributed by atoms with Crippen molar-refractivity contribution in [3.05, 3.63) is 40.9 Å². The van der Waals surface area contributed by atoms with E-state index in [2.05, 4.69) is 28.5 Å². The molecular formula is C13H10N2OS. The summed E-state index contributed by atoms with van der Waals surface area (Å²) in [6.45, 7) is 1.78. The minimum Gasteiger partial charge on any atom is -0.309 e. The third-order valence-electron chi connectivity index (χ3n) is 2.54. The molecule has 3 nitrogen and oxygen atoms in total. The number of carbonyl (C=O) groups excluding carboxylic acids is 1. The summed E-state index contributed by atoms with van der Waals surface area (Å²) >= 11 is 1.66. The lowest BCUT2D eigenvalue weighted by Crippen LogP contribution is -2.21. The fourth-order valence-corrected chi connectivity index (χ4v) is 2.80. The van der Waals surface area contributed by atoms with Crippen LogP contribution < -0.4 is 5.32 Å². The van der Waals surface area contributed by atoms with E-state index in [1.807, 2.05) is 18.2 Å². The average Bonchev–Trinajstić information content (AvgIpc) is 2.82.